The topological polar surface area (TPSA) is 104 Å². The summed E-state index contributed by atoms with van der Waals surface area (Å²) in [4.78, 5) is 29.2. The number of nitro groups is 1. The van der Waals surface area contributed by atoms with E-state index in [2.05, 4.69) is 25.6 Å². The minimum Gasteiger partial charge on any atom is -0.325 e. The van der Waals surface area contributed by atoms with E-state index in [4.69, 9.17) is 0 Å². The minimum atomic E-state index is -0.396. The molecule has 9 nitrogen and oxygen atoms in total. The number of piperazine rings is 1. The van der Waals surface area contributed by atoms with Crippen molar-refractivity contribution in [1.29, 1.82) is 0 Å². The maximum Gasteiger partial charge on any atom is 0.278 e. The minimum absolute atomic E-state index is 0.0310. The highest BCUT2D eigenvalue weighted by molar-refractivity contribution is 5.99. The number of carbonyl (C=O) groups is 1. The molecule has 2 heterocycles. The molecule has 154 valence electrons. The van der Waals surface area contributed by atoms with Gasteiger partial charge in [0.05, 0.1) is 22.5 Å². The Hall–Kier alpha value is -3.56. The quantitative estimate of drug-likeness (QED) is 0.479. The first kappa shape index (κ1) is 19.7. The van der Waals surface area contributed by atoms with Crippen LogP contribution in [0, 0.1) is 10.1 Å². The molecule has 30 heavy (non-hydrogen) atoms. The molecule has 1 amide bonds. The van der Waals surface area contributed by atoms with E-state index in [1.165, 1.54) is 12.3 Å². The number of nitrogens with zero attached hydrogens (tertiary/aromatic N) is 4. The predicted molar refractivity (Wildman–Crippen MR) is 115 cm³/mol. The Bertz CT molecular complexity index is 1050. The molecule has 1 aromatic heterocycles. The third kappa shape index (κ3) is 4.53. The fraction of sp³-hybridized carbons (Fsp3) is 0.238. The Balaban J connectivity index is 1.35. The second-order valence-corrected chi connectivity index (χ2v) is 7.10. The summed E-state index contributed by atoms with van der Waals surface area (Å²) in [5.41, 5.74) is 4.99. The normalized spacial score (nSPS) is 15.1. The average Bonchev–Trinajstić information content (AvgIpc) is 2.76. The predicted octanol–water partition coefficient (Wildman–Crippen LogP) is 2.73. The fourth-order valence-electron chi connectivity index (χ4n) is 3.55. The summed E-state index contributed by atoms with van der Waals surface area (Å²) in [6, 6.07) is 14.4. The molecule has 1 aliphatic rings. The molecule has 2 aromatic carbocycles. The van der Waals surface area contributed by atoms with Crippen LogP contribution >= 0.6 is 0 Å². The van der Waals surface area contributed by atoms with Crippen molar-refractivity contribution in [2.24, 2.45) is 0 Å². The van der Waals surface area contributed by atoms with Gasteiger partial charge in [0.2, 0.25) is 5.91 Å². The number of amides is 1. The van der Waals surface area contributed by atoms with Crippen molar-refractivity contribution in [1.82, 2.24) is 14.9 Å². The first-order valence-corrected chi connectivity index (χ1v) is 9.70. The van der Waals surface area contributed by atoms with Crippen molar-refractivity contribution >= 4 is 33.7 Å². The number of anilines is 2. The first-order chi connectivity index (χ1) is 14.6. The molecular formula is C21H22N6O3. The second kappa shape index (κ2) is 8.85. The van der Waals surface area contributed by atoms with Gasteiger partial charge in [-0.2, -0.15) is 0 Å². The van der Waals surface area contributed by atoms with E-state index in [0.29, 0.717) is 11.9 Å². The van der Waals surface area contributed by atoms with Crippen molar-refractivity contribution in [2.45, 2.75) is 0 Å². The molecule has 3 aromatic rings. The van der Waals surface area contributed by atoms with Gasteiger partial charge in [-0.3, -0.25) is 24.8 Å². The van der Waals surface area contributed by atoms with Gasteiger partial charge in [-0.15, -0.1) is 0 Å². The molecule has 1 aliphatic heterocycles. The van der Waals surface area contributed by atoms with E-state index in [9.17, 15) is 14.9 Å². The number of hydrogen-bond donors (Lipinski definition) is 2. The number of benzene rings is 2. The summed E-state index contributed by atoms with van der Waals surface area (Å²) in [6.45, 7) is 3.27. The van der Waals surface area contributed by atoms with Gasteiger partial charge in [0, 0.05) is 55.7 Å². The Morgan fingerprint density at radius 1 is 1.03 bits per heavy atom. The van der Waals surface area contributed by atoms with Crippen LogP contribution < -0.4 is 10.7 Å². The zero-order valence-electron chi connectivity index (χ0n) is 16.3. The number of rotatable bonds is 6. The number of aromatic nitrogens is 1. The van der Waals surface area contributed by atoms with E-state index in [1.54, 1.807) is 18.3 Å². The highest BCUT2D eigenvalue weighted by Crippen LogP contribution is 2.31. The van der Waals surface area contributed by atoms with Crippen LogP contribution in [0.1, 0.15) is 0 Å². The summed E-state index contributed by atoms with van der Waals surface area (Å²) < 4.78 is 0. The lowest BCUT2D eigenvalue weighted by molar-refractivity contribution is -0.383. The molecule has 1 saturated heterocycles. The van der Waals surface area contributed by atoms with Crippen LogP contribution in [-0.2, 0) is 4.79 Å². The Kier molecular flexibility index (Phi) is 5.82. The Morgan fingerprint density at radius 2 is 1.80 bits per heavy atom. The van der Waals surface area contributed by atoms with Gasteiger partial charge in [-0.25, -0.2) is 5.01 Å². The third-order valence-electron chi connectivity index (χ3n) is 5.07. The standard InChI is InChI=1S/C21H22N6O3/c28-21(23-16-4-2-1-3-5-16)15-25-10-12-26(13-11-25)24-19-6-7-20(27(29)30)18-14-22-9-8-17(18)19/h1-9,14,24H,10-13,15H2,(H,23,28). The van der Waals surface area contributed by atoms with Crippen molar-refractivity contribution in [3.8, 4) is 0 Å². The molecule has 0 bridgehead atoms. The molecule has 9 heteroatoms. The summed E-state index contributed by atoms with van der Waals surface area (Å²) in [7, 11) is 0. The van der Waals surface area contributed by atoms with E-state index in [0.717, 1.165) is 42.9 Å². The molecule has 0 aliphatic carbocycles. The highest BCUT2D eigenvalue weighted by atomic mass is 16.6. The van der Waals surface area contributed by atoms with Gasteiger partial charge in [-0.05, 0) is 24.3 Å². The number of para-hydroxylation sites is 1. The second-order valence-electron chi connectivity index (χ2n) is 7.10. The summed E-state index contributed by atoms with van der Waals surface area (Å²) in [6.07, 6.45) is 3.14. The van der Waals surface area contributed by atoms with Crippen LogP contribution in [0.4, 0.5) is 17.1 Å². The van der Waals surface area contributed by atoms with Crippen LogP contribution in [-0.4, -0.2) is 58.4 Å². The van der Waals surface area contributed by atoms with Crippen LogP contribution in [0.25, 0.3) is 10.8 Å². The Labute approximate surface area is 173 Å². The number of non-ortho nitro benzene ring substituents is 1. The lowest BCUT2D eigenvalue weighted by Gasteiger charge is -2.35. The van der Waals surface area contributed by atoms with Gasteiger partial charge in [0.15, 0.2) is 0 Å². The zero-order chi connectivity index (χ0) is 20.9. The summed E-state index contributed by atoms with van der Waals surface area (Å²) in [5.74, 6) is -0.0310. The van der Waals surface area contributed by atoms with Crippen molar-refractivity contribution < 1.29 is 9.72 Å². The van der Waals surface area contributed by atoms with Gasteiger partial charge in [0.25, 0.3) is 5.69 Å². The molecule has 0 unspecified atom stereocenters. The SMILES string of the molecule is O=C(CN1CCN(Nc2ccc([N+](=O)[O-])c3cnccc23)CC1)Nc1ccccc1. The van der Waals surface area contributed by atoms with Gasteiger partial charge in [0.1, 0.15) is 0 Å². The molecule has 0 atom stereocenters. The van der Waals surface area contributed by atoms with Crippen molar-refractivity contribution in [3.05, 3.63) is 71.0 Å². The maximum atomic E-state index is 12.2. The maximum absolute atomic E-state index is 12.2. The third-order valence-corrected chi connectivity index (χ3v) is 5.07. The number of fused-ring (bicyclic) bond motifs is 1. The average molecular weight is 406 g/mol. The number of hydrazine groups is 1. The lowest BCUT2D eigenvalue weighted by atomic mass is 10.1. The van der Waals surface area contributed by atoms with Gasteiger partial charge in [-0.1, -0.05) is 18.2 Å². The van der Waals surface area contributed by atoms with Crippen molar-refractivity contribution in [2.75, 3.05) is 43.5 Å². The van der Waals surface area contributed by atoms with Gasteiger partial charge >= 0.3 is 0 Å². The highest BCUT2D eigenvalue weighted by Gasteiger charge is 2.21. The molecule has 1 fully saturated rings. The monoisotopic (exact) mass is 406 g/mol. The number of nitrogens with one attached hydrogen (secondary N) is 2. The van der Waals surface area contributed by atoms with E-state index in [-0.39, 0.29) is 11.6 Å². The number of nitro benzene ring substituents is 1. The molecule has 2 N–H and O–H groups in total. The lowest BCUT2D eigenvalue weighted by Crippen LogP contribution is -2.50. The smallest absolute Gasteiger partial charge is 0.278 e. The van der Waals surface area contributed by atoms with E-state index < -0.39 is 4.92 Å². The van der Waals surface area contributed by atoms with Gasteiger partial charge < -0.3 is 10.7 Å². The first-order valence-electron chi connectivity index (χ1n) is 9.70. The molecule has 0 saturated carbocycles. The van der Waals surface area contributed by atoms with Crippen LogP contribution in [0.3, 0.4) is 0 Å². The number of pyridine rings is 1. The summed E-state index contributed by atoms with van der Waals surface area (Å²) in [5, 5.41) is 17.5. The zero-order valence-corrected chi connectivity index (χ0v) is 16.3. The molecule has 0 radical (unpaired) electrons. The van der Waals surface area contributed by atoms with Crippen LogP contribution in [0.2, 0.25) is 0 Å². The fourth-order valence-corrected chi connectivity index (χ4v) is 3.55. The molecular weight excluding hydrogens is 384 g/mol. The molecule has 4 rings (SSSR count). The van der Waals surface area contributed by atoms with Crippen molar-refractivity contribution in [3.63, 3.8) is 0 Å². The largest absolute Gasteiger partial charge is 0.325 e. The van der Waals surface area contributed by atoms with E-state index in [1.807, 2.05) is 30.3 Å². The number of hydrogen-bond acceptors (Lipinski definition) is 7. The van der Waals surface area contributed by atoms with Crippen LogP contribution in [0.15, 0.2) is 60.9 Å². The summed E-state index contributed by atoms with van der Waals surface area (Å²) >= 11 is 0. The van der Waals surface area contributed by atoms with E-state index >= 15 is 0 Å². The molecule has 0 spiro atoms. The number of carbonyl (C=O) groups excluding carboxylic acids is 1. The van der Waals surface area contributed by atoms with Crippen LogP contribution in [0.5, 0.6) is 0 Å². The Morgan fingerprint density at radius 3 is 2.53 bits per heavy atom.